The fraction of sp³-hybridized carbons (Fsp3) is 0.250. The Bertz CT molecular complexity index is 933. The van der Waals surface area contributed by atoms with Crippen LogP contribution in [0.25, 0.3) is 11.3 Å². The van der Waals surface area contributed by atoms with E-state index in [1.165, 1.54) is 11.3 Å². The summed E-state index contributed by atoms with van der Waals surface area (Å²) in [6.07, 6.45) is 3.80. The predicted molar refractivity (Wildman–Crippen MR) is 113 cm³/mol. The lowest BCUT2D eigenvalue weighted by Crippen LogP contribution is -2.28. The van der Waals surface area contributed by atoms with Crippen molar-refractivity contribution in [2.75, 3.05) is 19.0 Å². The summed E-state index contributed by atoms with van der Waals surface area (Å²) in [6, 6.07) is 8.99. The summed E-state index contributed by atoms with van der Waals surface area (Å²) in [5.41, 5.74) is 2.66. The second-order valence-electron chi connectivity index (χ2n) is 6.12. The zero-order valence-corrected chi connectivity index (χ0v) is 17.2. The summed E-state index contributed by atoms with van der Waals surface area (Å²) in [5, 5.41) is 9.63. The maximum Gasteiger partial charge on any atom is 0.222 e. The molecule has 0 spiro atoms. The summed E-state index contributed by atoms with van der Waals surface area (Å²) >= 11 is 7.54. The molecule has 2 N–H and O–H groups in total. The molecule has 0 aliphatic carbocycles. The summed E-state index contributed by atoms with van der Waals surface area (Å²) < 4.78 is 5.29. The van der Waals surface area contributed by atoms with E-state index in [2.05, 4.69) is 20.6 Å². The molecule has 0 fully saturated rings. The Hall–Kier alpha value is -2.64. The topological polar surface area (TPSA) is 76.1 Å². The normalized spacial score (nSPS) is 11.7. The number of benzene rings is 1. The lowest BCUT2D eigenvalue weighted by molar-refractivity contribution is -0.121. The number of hydrogen-bond acceptors (Lipinski definition) is 6. The summed E-state index contributed by atoms with van der Waals surface area (Å²) in [5.74, 6) is 0.631. The third kappa shape index (κ3) is 5.21. The molecule has 1 atom stereocenters. The van der Waals surface area contributed by atoms with E-state index in [1.54, 1.807) is 37.7 Å². The van der Waals surface area contributed by atoms with Gasteiger partial charge >= 0.3 is 0 Å². The molecule has 8 heteroatoms. The number of aromatic nitrogens is 2. The summed E-state index contributed by atoms with van der Waals surface area (Å²) in [6.45, 7) is 2.40. The van der Waals surface area contributed by atoms with Crippen LogP contribution in [-0.2, 0) is 4.79 Å². The molecular weight excluding hydrogens is 396 g/mol. The highest BCUT2D eigenvalue weighted by Crippen LogP contribution is 2.28. The summed E-state index contributed by atoms with van der Waals surface area (Å²) in [4.78, 5) is 20.9. The molecule has 1 unspecified atom stereocenters. The van der Waals surface area contributed by atoms with Gasteiger partial charge in [0.05, 0.1) is 24.5 Å². The molecule has 1 aromatic carbocycles. The van der Waals surface area contributed by atoms with Crippen LogP contribution in [0, 0.1) is 0 Å². The van der Waals surface area contributed by atoms with Crippen molar-refractivity contribution >= 4 is 34.5 Å². The SMILES string of the molecule is COc1ccc(Cl)cc1NCCC(=O)NC(C)c1nc(-c2ccncc2)cs1. The number of ether oxygens (including phenoxy) is 1. The molecule has 1 amide bonds. The van der Waals surface area contributed by atoms with Crippen LogP contribution in [0.4, 0.5) is 5.69 Å². The van der Waals surface area contributed by atoms with Crippen LogP contribution in [0.15, 0.2) is 48.1 Å². The molecule has 0 aliphatic heterocycles. The Labute approximate surface area is 172 Å². The Kier molecular flexibility index (Phi) is 6.84. The lowest BCUT2D eigenvalue weighted by atomic mass is 10.2. The third-order valence-electron chi connectivity index (χ3n) is 4.07. The smallest absolute Gasteiger partial charge is 0.222 e. The number of nitrogens with zero attached hydrogens (tertiary/aromatic N) is 2. The van der Waals surface area contributed by atoms with Crippen molar-refractivity contribution < 1.29 is 9.53 Å². The van der Waals surface area contributed by atoms with Gasteiger partial charge in [-0.25, -0.2) is 4.98 Å². The van der Waals surface area contributed by atoms with Gasteiger partial charge in [-0.1, -0.05) is 11.6 Å². The number of amides is 1. The van der Waals surface area contributed by atoms with Crippen LogP contribution >= 0.6 is 22.9 Å². The van der Waals surface area contributed by atoms with Gasteiger partial charge in [0.1, 0.15) is 10.8 Å². The highest BCUT2D eigenvalue weighted by molar-refractivity contribution is 7.10. The highest BCUT2D eigenvalue weighted by atomic mass is 35.5. The van der Waals surface area contributed by atoms with Crippen molar-refractivity contribution in [3.63, 3.8) is 0 Å². The van der Waals surface area contributed by atoms with E-state index >= 15 is 0 Å². The molecule has 3 aromatic rings. The van der Waals surface area contributed by atoms with Crippen molar-refractivity contribution in [2.24, 2.45) is 0 Å². The van der Waals surface area contributed by atoms with E-state index < -0.39 is 0 Å². The van der Waals surface area contributed by atoms with Gasteiger partial charge in [0.2, 0.25) is 5.91 Å². The number of pyridine rings is 1. The summed E-state index contributed by atoms with van der Waals surface area (Å²) in [7, 11) is 1.59. The molecule has 2 aromatic heterocycles. The van der Waals surface area contributed by atoms with Crippen LogP contribution in [0.2, 0.25) is 5.02 Å². The molecule has 3 rings (SSSR count). The number of carbonyl (C=O) groups is 1. The van der Waals surface area contributed by atoms with Crippen molar-refractivity contribution in [1.82, 2.24) is 15.3 Å². The van der Waals surface area contributed by atoms with Gasteiger partial charge in [0.15, 0.2) is 0 Å². The van der Waals surface area contributed by atoms with E-state index in [4.69, 9.17) is 16.3 Å². The number of carbonyl (C=O) groups excluding carboxylic acids is 1. The zero-order valence-electron chi connectivity index (χ0n) is 15.6. The average Bonchev–Trinajstić information content (AvgIpc) is 3.19. The van der Waals surface area contributed by atoms with Crippen LogP contribution in [0.3, 0.4) is 0 Å². The van der Waals surface area contributed by atoms with Crippen LogP contribution in [0.1, 0.15) is 24.4 Å². The van der Waals surface area contributed by atoms with Crippen LogP contribution in [-0.4, -0.2) is 29.5 Å². The average molecular weight is 417 g/mol. The minimum atomic E-state index is -0.159. The fourth-order valence-corrected chi connectivity index (χ4v) is 3.65. The van der Waals surface area contributed by atoms with Crippen molar-refractivity contribution in [1.29, 1.82) is 0 Å². The molecule has 6 nitrogen and oxygen atoms in total. The van der Waals surface area contributed by atoms with E-state index in [0.29, 0.717) is 23.7 Å². The largest absolute Gasteiger partial charge is 0.495 e. The Morgan fingerprint density at radius 1 is 1.29 bits per heavy atom. The molecule has 0 saturated heterocycles. The first-order chi connectivity index (χ1) is 13.6. The molecule has 2 heterocycles. The number of halogens is 1. The molecule has 0 saturated carbocycles. The van der Waals surface area contributed by atoms with E-state index in [0.717, 1.165) is 22.0 Å². The number of nitrogens with one attached hydrogen (secondary N) is 2. The monoisotopic (exact) mass is 416 g/mol. The third-order valence-corrected chi connectivity index (χ3v) is 5.34. The molecular formula is C20H21ClN4O2S. The van der Waals surface area contributed by atoms with Gasteiger partial charge in [-0.05, 0) is 37.3 Å². The number of hydrogen-bond donors (Lipinski definition) is 2. The maximum absolute atomic E-state index is 12.3. The fourth-order valence-electron chi connectivity index (χ4n) is 2.65. The van der Waals surface area contributed by atoms with Crippen LogP contribution in [0.5, 0.6) is 5.75 Å². The standard InChI is InChI=1S/C20H21ClN4O2S/c1-13(20-25-17(12-28-20)14-5-8-22-9-6-14)24-19(26)7-10-23-16-11-15(21)3-4-18(16)27-2/h3-6,8-9,11-13,23H,7,10H2,1-2H3,(H,24,26). The quantitative estimate of drug-likeness (QED) is 0.563. The maximum atomic E-state index is 12.3. The van der Waals surface area contributed by atoms with Crippen molar-refractivity contribution in [3.05, 3.63) is 58.1 Å². The van der Waals surface area contributed by atoms with Crippen LogP contribution < -0.4 is 15.4 Å². The Morgan fingerprint density at radius 3 is 2.82 bits per heavy atom. The Balaban J connectivity index is 1.51. The molecule has 146 valence electrons. The number of rotatable bonds is 8. The van der Waals surface area contributed by atoms with Gasteiger partial charge in [-0.2, -0.15) is 0 Å². The van der Waals surface area contributed by atoms with E-state index in [1.807, 2.05) is 24.4 Å². The second-order valence-corrected chi connectivity index (χ2v) is 7.44. The van der Waals surface area contributed by atoms with E-state index in [9.17, 15) is 4.79 Å². The van der Waals surface area contributed by atoms with E-state index in [-0.39, 0.29) is 11.9 Å². The zero-order chi connectivity index (χ0) is 19.9. The number of anilines is 1. The Morgan fingerprint density at radius 2 is 2.07 bits per heavy atom. The van der Waals surface area contributed by atoms with Crippen molar-refractivity contribution in [3.8, 4) is 17.0 Å². The van der Waals surface area contributed by atoms with Gasteiger partial charge in [0, 0.05) is 41.3 Å². The molecule has 0 bridgehead atoms. The van der Waals surface area contributed by atoms with Gasteiger partial charge in [-0.3, -0.25) is 9.78 Å². The minimum absolute atomic E-state index is 0.0540. The van der Waals surface area contributed by atoms with Gasteiger partial charge < -0.3 is 15.4 Å². The first-order valence-electron chi connectivity index (χ1n) is 8.79. The number of methoxy groups -OCH3 is 1. The minimum Gasteiger partial charge on any atom is -0.495 e. The van der Waals surface area contributed by atoms with Gasteiger partial charge in [0.25, 0.3) is 0 Å². The number of thiazole rings is 1. The van der Waals surface area contributed by atoms with Crippen molar-refractivity contribution in [2.45, 2.75) is 19.4 Å². The predicted octanol–water partition coefficient (Wildman–Crippen LogP) is 4.55. The molecule has 0 aliphatic rings. The highest BCUT2D eigenvalue weighted by Gasteiger charge is 2.14. The first kappa shape index (κ1) is 20.1. The molecule has 28 heavy (non-hydrogen) atoms. The first-order valence-corrected chi connectivity index (χ1v) is 10.0. The van der Waals surface area contributed by atoms with Gasteiger partial charge in [-0.15, -0.1) is 11.3 Å². The lowest BCUT2D eigenvalue weighted by Gasteiger charge is -2.13. The second kappa shape index (κ2) is 9.52. The molecule has 0 radical (unpaired) electrons.